The predicted octanol–water partition coefficient (Wildman–Crippen LogP) is 4.07. The third-order valence-corrected chi connectivity index (χ3v) is 3.53. The summed E-state index contributed by atoms with van der Waals surface area (Å²) in [5.41, 5.74) is 1.52. The molecular weight excluding hydrogens is 283 g/mol. The van der Waals surface area contributed by atoms with Crippen LogP contribution in [0, 0.1) is 5.82 Å². The Bertz CT molecular complexity index is 868. The van der Waals surface area contributed by atoms with E-state index in [9.17, 15) is 9.18 Å². The summed E-state index contributed by atoms with van der Waals surface area (Å²) >= 11 is 0. The Balaban J connectivity index is 1.89. The fourth-order valence-corrected chi connectivity index (χ4v) is 2.37. The van der Waals surface area contributed by atoms with Gasteiger partial charge in [-0.25, -0.2) is 9.18 Å². The summed E-state index contributed by atoms with van der Waals surface area (Å²) in [5, 5.41) is 0.889. The maximum absolute atomic E-state index is 13.6. The molecule has 0 saturated heterocycles. The number of rotatable bonds is 4. The molecule has 0 aliphatic carbocycles. The number of fused-ring (bicyclic) bond motifs is 1. The molecule has 0 radical (unpaired) electrons. The molecule has 0 atom stereocenters. The molecule has 22 heavy (non-hydrogen) atoms. The number of halogens is 1. The fourth-order valence-electron chi connectivity index (χ4n) is 2.37. The van der Waals surface area contributed by atoms with Crippen molar-refractivity contribution in [2.45, 2.75) is 20.0 Å². The molecule has 0 aliphatic heterocycles. The zero-order chi connectivity index (χ0) is 15.5. The Morgan fingerprint density at radius 3 is 2.68 bits per heavy atom. The van der Waals surface area contributed by atoms with Crippen molar-refractivity contribution in [2.75, 3.05) is 0 Å². The molecule has 3 rings (SSSR count). The van der Waals surface area contributed by atoms with E-state index in [4.69, 9.17) is 9.15 Å². The molecular formula is C18H15FO3. The first-order valence-electron chi connectivity index (χ1n) is 7.10. The fraction of sp³-hybridized carbons (Fsp3) is 0.167. The lowest BCUT2D eigenvalue weighted by atomic mass is 10.1. The Kier molecular flexibility index (Phi) is 3.92. The summed E-state index contributed by atoms with van der Waals surface area (Å²) in [4.78, 5) is 11.5. The predicted molar refractivity (Wildman–Crippen MR) is 82.6 cm³/mol. The lowest BCUT2D eigenvalue weighted by Crippen LogP contribution is -2.01. The maximum Gasteiger partial charge on any atom is 0.336 e. The van der Waals surface area contributed by atoms with Crippen LogP contribution in [0.1, 0.15) is 18.1 Å². The van der Waals surface area contributed by atoms with Gasteiger partial charge in [0.2, 0.25) is 0 Å². The highest BCUT2D eigenvalue weighted by molar-refractivity contribution is 5.81. The number of hydrogen-bond donors (Lipinski definition) is 0. The van der Waals surface area contributed by atoms with Gasteiger partial charge in [-0.3, -0.25) is 0 Å². The second-order valence-electron chi connectivity index (χ2n) is 4.98. The number of benzene rings is 2. The van der Waals surface area contributed by atoms with E-state index in [2.05, 4.69) is 0 Å². The number of hydrogen-bond acceptors (Lipinski definition) is 3. The molecule has 2 aromatic carbocycles. The van der Waals surface area contributed by atoms with Crippen LogP contribution in [0.5, 0.6) is 5.75 Å². The maximum atomic E-state index is 13.6. The van der Waals surface area contributed by atoms with Crippen LogP contribution in [0.2, 0.25) is 0 Å². The van der Waals surface area contributed by atoms with E-state index in [0.29, 0.717) is 16.9 Å². The normalized spacial score (nSPS) is 10.8. The van der Waals surface area contributed by atoms with Gasteiger partial charge in [-0.05, 0) is 30.2 Å². The zero-order valence-corrected chi connectivity index (χ0v) is 12.1. The van der Waals surface area contributed by atoms with Crippen LogP contribution in [-0.4, -0.2) is 0 Å². The molecule has 4 heteroatoms. The molecule has 0 unspecified atom stereocenters. The minimum atomic E-state index is -0.379. The van der Waals surface area contributed by atoms with Gasteiger partial charge in [-0.1, -0.05) is 25.1 Å². The molecule has 0 fully saturated rings. The SMILES string of the molecule is CCc1cc(=O)oc2cc(OCc3ccccc3F)ccc12. The van der Waals surface area contributed by atoms with Crippen LogP contribution in [0.4, 0.5) is 4.39 Å². The highest BCUT2D eigenvalue weighted by Crippen LogP contribution is 2.23. The van der Waals surface area contributed by atoms with Crippen molar-refractivity contribution < 1.29 is 13.5 Å². The first-order valence-corrected chi connectivity index (χ1v) is 7.10. The van der Waals surface area contributed by atoms with Gasteiger partial charge in [0.05, 0.1) is 0 Å². The second-order valence-corrected chi connectivity index (χ2v) is 4.98. The van der Waals surface area contributed by atoms with Gasteiger partial charge in [0.1, 0.15) is 23.8 Å². The average molecular weight is 298 g/mol. The van der Waals surface area contributed by atoms with E-state index >= 15 is 0 Å². The standard InChI is InChI=1S/C18H15FO3/c1-2-12-9-18(20)22-17-10-14(7-8-15(12)17)21-11-13-5-3-4-6-16(13)19/h3-10H,2,11H2,1H3. The van der Waals surface area contributed by atoms with Gasteiger partial charge in [0.25, 0.3) is 0 Å². The molecule has 3 nitrogen and oxygen atoms in total. The Morgan fingerprint density at radius 2 is 1.91 bits per heavy atom. The first kappa shape index (κ1) is 14.3. The van der Waals surface area contributed by atoms with Gasteiger partial charge >= 0.3 is 5.63 Å². The van der Waals surface area contributed by atoms with E-state index in [0.717, 1.165) is 17.4 Å². The van der Waals surface area contributed by atoms with E-state index < -0.39 is 0 Å². The van der Waals surface area contributed by atoms with Crippen molar-refractivity contribution in [3.63, 3.8) is 0 Å². The zero-order valence-electron chi connectivity index (χ0n) is 12.1. The lowest BCUT2D eigenvalue weighted by Gasteiger charge is -2.09. The highest BCUT2D eigenvalue weighted by Gasteiger charge is 2.07. The van der Waals surface area contributed by atoms with Crippen LogP contribution in [0.3, 0.4) is 0 Å². The van der Waals surface area contributed by atoms with Crippen molar-refractivity contribution in [2.24, 2.45) is 0 Å². The minimum absolute atomic E-state index is 0.121. The summed E-state index contributed by atoms with van der Waals surface area (Å²) in [7, 11) is 0. The molecule has 0 saturated carbocycles. The Labute approximate surface area is 127 Å². The molecule has 0 amide bonds. The largest absolute Gasteiger partial charge is 0.489 e. The molecule has 112 valence electrons. The summed E-state index contributed by atoms with van der Waals surface area (Å²) in [5.74, 6) is 0.232. The van der Waals surface area contributed by atoms with Crippen molar-refractivity contribution in [1.82, 2.24) is 0 Å². The Morgan fingerprint density at radius 1 is 1.09 bits per heavy atom. The summed E-state index contributed by atoms with van der Waals surface area (Å²) in [6.07, 6.45) is 0.748. The third-order valence-electron chi connectivity index (χ3n) is 3.53. The summed E-state index contributed by atoms with van der Waals surface area (Å²) in [6, 6.07) is 13.3. The van der Waals surface area contributed by atoms with Crippen LogP contribution >= 0.6 is 0 Å². The molecule has 0 N–H and O–H groups in total. The molecule has 1 aromatic heterocycles. The Hall–Kier alpha value is -2.62. The highest BCUT2D eigenvalue weighted by atomic mass is 19.1. The van der Waals surface area contributed by atoms with Gasteiger partial charge < -0.3 is 9.15 Å². The molecule has 1 heterocycles. The summed E-state index contributed by atoms with van der Waals surface area (Å²) in [6.45, 7) is 2.10. The van der Waals surface area contributed by atoms with Crippen LogP contribution < -0.4 is 10.4 Å². The van der Waals surface area contributed by atoms with Crippen molar-refractivity contribution in [1.29, 1.82) is 0 Å². The minimum Gasteiger partial charge on any atom is -0.489 e. The van der Waals surface area contributed by atoms with E-state index in [-0.39, 0.29) is 18.0 Å². The van der Waals surface area contributed by atoms with Crippen LogP contribution in [-0.2, 0) is 13.0 Å². The van der Waals surface area contributed by atoms with Gasteiger partial charge in [-0.15, -0.1) is 0 Å². The summed E-state index contributed by atoms with van der Waals surface area (Å²) < 4.78 is 24.4. The van der Waals surface area contributed by atoms with Crippen LogP contribution in [0.15, 0.2) is 57.7 Å². The number of ether oxygens (including phenoxy) is 1. The smallest absolute Gasteiger partial charge is 0.336 e. The van der Waals surface area contributed by atoms with E-state index in [1.54, 1.807) is 30.3 Å². The van der Waals surface area contributed by atoms with Gasteiger partial charge in [-0.2, -0.15) is 0 Å². The van der Waals surface area contributed by atoms with Crippen LogP contribution in [0.25, 0.3) is 11.0 Å². The van der Waals surface area contributed by atoms with Crippen molar-refractivity contribution >= 4 is 11.0 Å². The first-order chi connectivity index (χ1) is 10.7. The van der Waals surface area contributed by atoms with Gasteiger partial charge in [0, 0.05) is 23.1 Å². The average Bonchev–Trinajstić information content (AvgIpc) is 2.53. The van der Waals surface area contributed by atoms with Gasteiger partial charge in [0.15, 0.2) is 0 Å². The third kappa shape index (κ3) is 2.86. The molecule has 0 bridgehead atoms. The van der Waals surface area contributed by atoms with E-state index in [1.165, 1.54) is 12.1 Å². The lowest BCUT2D eigenvalue weighted by molar-refractivity contribution is 0.300. The number of aryl methyl sites for hydroxylation is 1. The molecule has 0 spiro atoms. The second kappa shape index (κ2) is 6.02. The molecule has 3 aromatic rings. The topological polar surface area (TPSA) is 39.4 Å². The quantitative estimate of drug-likeness (QED) is 0.681. The van der Waals surface area contributed by atoms with Crippen molar-refractivity contribution in [3.8, 4) is 5.75 Å². The molecule has 0 aliphatic rings. The van der Waals surface area contributed by atoms with Crippen molar-refractivity contribution in [3.05, 3.63) is 75.9 Å². The monoisotopic (exact) mass is 298 g/mol. The van der Waals surface area contributed by atoms with E-state index in [1.807, 2.05) is 13.0 Å².